The first-order valence-electron chi connectivity index (χ1n) is 9.62. The molecule has 0 aliphatic carbocycles. The highest BCUT2D eigenvalue weighted by molar-refractivity contribution is 5.94. The maximum Gasteiger partial charge on any atom is 0.321 e. The smallest absolute Gasteiger partial charge is 0.321 e. The molecular formula is C22H24N7O2+. The van der Waals surface area contributed by atoms with Gasteiger partial charge >= 0.3 is 6.03 Å². The lowest BCUT2D eigenvalue weighted by Gasteiger charge is -2.18. The second-order valence-electron chi connectivity index (χ2n) is 6.77. The van der Waals surface area contributed by atoms with E-state index in [1.165, 1.54) is 13.3 Å². The van der Waals surface area contributed by atoms with Gasteiger partial charge in [-0.15, -0.1) is 0 Å². The molecule has 0 radical (unpaired) electrons. The van der Waals surface area contributed by atoms with E-state index in [1.807, 2.05) is 30.4 Å². The molecule has 0 spiro atoms. The highest BCUT2D eigenvalue weighted by Gasteiger charge is 2.22. The number of urea groups is 1. The standard InChI is InChI=1S/C22H23N7O2/c1-14-10-17(8-9-25-14)27-18-13-26-19(11-16(18)12-23)28-22(31)29-20(21(30)24-2)15-6-4-3-5-7-15/h3-13,20,23H,1-2H3,(H,24,30)(H,25,27)(H2,26,28,29,31)/p+1/t20-/m0/s1. The van der Waals surface area contributed by atoms with Crippen LogP contribution in [0.2, 0.25) is 0 Å². The molecule has 0 aliphatic heterocycles. The number of nitrogens with one attached hydrogen (secondary N) is 4. The minimum Gasteiger partial charge on any atom is -0.357 e. The highest BCUT2D eigenvalue weighted by atomic mass is 16.2. The molecule has 0 saturated carbocycles. The molecule has 2 aromatic heterocycles. The van der Waals surface area contributed by atoms with Gasteiger partial charge in [0.05, 0.1) is 11.8 Å². The van der Waals surface area contributed by atoms with E-state index in [4.69, 9.17) is 5.41 Å². The Morgan fingerprint density at radius 3 is 2.58 bits per heavy atom. The van der Waals surface area contributed by atoms with Crippen LogP contribution in [-0.2, 0) is 4.79 Å². The third-order valence-electron chi connectivity index (χ3n) is 4.53. The largest absolute Gasteiger partial charge is 0.357 e. The van der Waals surface area contributed by atoms with Crippen molar-refractivity contribution in [2.24, 2.45) is 0 Å². The topological polar surface area (TPSA) is 136 Å². The Kier molecular flexibility index (Phi) is 7.02. The van der Waals surface area contributed by atoms with E-state index in [2.05, 4.69) is 25.9 Å². The second kappa shape index (κ2) is 10.1. The van der Waals surface area contributed by atoms with Gasteiger partial charge in [0.2, 0.25) is 5.91 Å². The number of hydrogen-bond donors (Lipinski definition) is 5. The zero-order chi connectivity index (χ0) is 22.2. The number of likely N-dealkylation sites (N-methyl/N-ethyl adjacent to an activating group) is 1. The van der Waals surface area contributed by atoms with E-state index < -0.39 is 12.1 Å². The number of pyridine rings is 2. The summed E-state index contributed by atoms with van der Waals surface area (Å²) in [5.41, 5.74) is 3.80. The van der Waals surface area contributed by atoms with Crippen LogP contribution in [0, 0.1) is 12.3 Å². The molecule has 1 aromatic carbocycles. The van der Waals surface area contributed by atoms with Crippen LogP contribution in [0.1, 0.15) is 22.9 Å². The van der Waals surface area contributed by atoms with Crippen LogP contribution in [-0.4, -0.2) is 35.2 Å². The number of carbonyl (C=O) groups is 2. The molecule has 0 unspecified atom stereocenters. The van der Waals surface area contributed by atoms with Crippen molar-refractivity contribution < 1.29 is 14.9 Å². The number of carbonyl (C=O) groups excluding carboxylic acids is 2. The molecular weight excluding hydrogens is 394 g/mol. The van der Waals surface area contributed by atoms with Gasteiger partial charge in [-0.05, 0) is 18.6 Å². The molecule has 0 aliphatic rings. The summed E-state index contributed by atoms with van der Waals surface area (Å²) in [5, 5.41) is 17.4. The van der Waals surface area contributed by atoms with Crippen LogP contribution < -0.4 is 21.3 Å². The normalized spacial score (nSPS) is 11.3. The first-order valence-corrected chi connectivity index (χ1v) is 9.62. The van der Waals surface area contributed by atoms with Gasteiger partial charge in [-0.2, -0.15) is 0 Å². The van der Waals surface area contributed by atoms with Gasteiger partial charge in [-0.25, -0.2) is 9.78 Å². The van der Waals surface area contributed by atoms with Gasteiger partial charge < -0.3 is 16.0 Å². The number of aryl methyl sites for hydroxylation is 1. The number of amides is 3. The molecule has 0 bridgehead atoms. The van der Waals surface area contributed by atoms with Gasteiger partial charge in [0.15, 0.2) is 5.69 Å². The number of nitrogens with zero attached hydrogens (tertiary/aromatic N) is 2. The molecule has 9 nitrogen and oxygen atoms in total. The summed E-state index contributed by atoms with van der Waals surface area (Å²) in [6.07, 6.45) is 4.50. The number of hydrogen-bond acceptors (Lipinski definition) is 5. The third-order valence-corrected chi connectivity index (χ3v) is 4.53. The van der Waals surface area contributed by atoms with Gasteiger partial charge in [-0.1, -0.05) is 30.3 Å². The first-order chi connectivity index (χ1) is 15.0. The number of benzene rings is 1. The molecule has 9 heteroatoms. The third kappa shape index (κ3) is 5.71. The predicted octanol–water partition coefficient (Wildman–Crippen LogP) is 1.92. The monoisotopic (exact) mass is 418 g/mol. The Morgan fingerprint density at radius 2 is 1.90 bits per heavy atom. The van der Waals surface area contributed by atoms with Crippen LogP contribution in [0.3, 0.4) is 0 Å². The van der Waals surface area contributed by atoms with Crippen molar-refractivity contribution in [3.05, 3.63) is 77.7 Å². The number of nitrogens with two attached hydrogens (primary N) is 1. The zero-order valence-electron chi connectivity index (χ0n) is 17.2. The van der Waals surface area contributed by atoms with Crippen molar-refractivity contribution in [2.75, 3.05) is 12.4 Å². The molecule has 3 aromatic rings. The summed E-state index contributed by atoms with van der Waals surface area (Å²) >= 11 is 0. The SMILES string of the molecule is CNC(=O)[C@@H](NC(=O)Nc1cc(C=N)c([NH2+]c2ccnc(C)c2)cn1)c1ccccc1. The van der Waals surface area contributed by atoms with Crippen LogP contribution in [0.25, 0.3) is 0 Å². The molecule has 6 N–H and O–H groups in total. The van der Waals surface area contributed by atoms with Crippen molar-refractivity contribution in [2.45, 2.75) is 13.0 Å². The Morgan fingerprint density at radius 1 is 1.13 bits per heavy atom. The average molecular weight is 418 g/mol. The van der Waals surface area contributed by atoms with E-state index in [0.29, 0.717) is 11.1 Å². The fourth-order valence-electron chi connectivity index (χ4n) is 3.01. The lowest BCUT2D eigenvalue weighted by atomic mass is 10.1. The molecule has 31 heavy (non-hydrogen) atoms. The zero-order valence-corrected chi connectivity index (χ0v) is 17.2. The Bertz CT molecular complexity index is 1090. The fourth-order valence-corrected chi connectivity index (χ4v) is 3.01. The molecule has 158 valence electrons. The van der Waals surface area contributed by atoms with Gasteiger partial charge in [-0.3, -0.25) is 20.4 Å². The Hall–Kier alpha value is -4.11. The van der Waals surface area contributed by atoms with E-state index >= 15 is 0 Å². The van der Waals surface area contributed by atoms with Gasteiger partial charge in [0.25, 0.3) is 0 Å². The lowest BCUT2D eigenvalue weighted by Crippen LogP contribution is -2.71. The van der Waals surface area contributed by atoms with Crippen LogP contribution in [0.4, 0.5) is 22.0 Å². The average Bonchev–Trinajstić information content (AvgIpc) is 2.78. The van der Waals surface area contributed by atoms with Crippen LogP contribution in [0.5, 0.6) is 0 Å². The van der Waals surface area contributed by atoms with Crippen molar-refractivity contribution in [3.8, 4) is 0 Å². The number of rotatable bonds is 7. The van der Waals surface area contributed by atoms with E-state index in [0.717, 1.165) is 17.1 Å². The van der Waals surface area contributed by atoms with E-state index in [-0.39, 0.29) is 11.7 Å². The van der Waals surface area contributed by atoms with E-state index in [1.54, 1.807) is 42.7 Å². The summed E-state index contributed by atoms with van der Waals surface area (Å²) in [4.78, 5) is 33.2. The number of quaternary nitrogens is 1. The molecule has 0 saturated heterocycles. The summed E-state index contributed by atoms with van der Waals surface area (Å²) in [6.45, 7) is 1.90. The van der Waals surface area contributed by atoms with Crippen LogP contribution in [0.15, 0.2) is 60.9 Å². The quantitative estimate of drug-likeness (QED) is 0.374. The molecule has 2 heterocycles. The fraction of sp³-hybridized carbons (Fsp3) is 0.136. The van der Waals surface area contributed by atoms with Crippen molar-refractivity contribution in [1.82, 2.24) is 20.6 Å². The van der Waals surface area contributed by atoms with Crippen molar-refractivity contribution in [1.29, 1.82) is 5.41 Å². The molecule has 0 fully saturated rings. The molecule has 3 rings (SSSR count). The Labute approximate surface area is 179 Å². The second-order valence-corrected chi connectivity index (χ2v) is 6.77. The maximum atomic E-state index is 12.5. The maximum absolute atomic E-state index is 12.5. The summed E-state index contributed by atoms with van der Waals surface area (Å²) in [6, 6.07) is 12.9. The van der Waals surface area contributed by atoms with Crippen molar-refractivity contribution in [3.63, 3.8) is 0 Å². The van der Waals surface area contributed by atoms with Crippen LogP contribution >= 0.6 is 0 Å². The van der Waals surface area contributed by atoms with Crippen molar-refractivity contribution >= 4 is 35.3 Å². The first kappa shape index (κ1) is 21.6. The predicted molar refractivity (Wildman–Crippen MR) is 118 cm³/mol. The molecule has 3 amide bonds. The number of aromatic nitrogens is 2. The molecule has 1 atom stereocenters. The minimum absolute atomic E-state index is 0.266. The summed E-state index contributed by atoms with van der Waals surface area (Å²) < 4.78 is 0. The lowest BCUT2D eigenvalue weighted by molar-refractivity contribution is -0.479. The summed E-state index contributed by atoms with van der Waals surface area (Å²) in [5.74, 6) is -0.0742. The highest BCUT2D eigenvalue weighted by Crippen LogP contribution is 2.16. The summed E-state index contributed by atoms with van der Waals surface area (Å²) in [7, 11) is 1.51. The Balaban J connectivity index is 1.73. The van der Waals surface area contributed by atoms with Gasteiger partial charge in [0, 0.05) is 37.3 Å². The van der Waals surface area contributed by atoms with Gasteiger partial charge in [0.1, 0.15) is 17.5 Å². The minimum atomic E-state index is -0.851. The number of anilines is 1. The van der Waals surface area contributed by atoms with E-state index in [9.17, 15) is 9.59 Å².